The smallest absolute Gasteiger partial charge is 0.339 e. The van der Waals surface area contributed by atoms with E-state index in [2.05, 4.69) is 23.5 Å². The Hall–Kier alpha value is -3.16. The summed E-state index contributed by atoms with van der Waals surface area (Å²) in [5.74, 6) is -0.466. The van der Waals surface area contributed by atoms with Gasteiger partial charge in [0.05, 0.1) is 24.9 Å². The standard InChI is InChI=1S/C28H33ClN4O3/c1-16-18(3)33(15-21-13-14-32(7)31-21)26-22(16)24(19-9-11-20(29)12-10-19)23(17(2)30-26)25(27(34)35-8)36-28(4,5)6/h9-14,25H,15H2,1-8H3/t25-/m0/s1. The van der Waals surface area contributed by atoms with Crippen LogP contribution in [0.3, 0.4) is 0 Å². The lowest BCUT2D eigenvalue weighted by molar-refractivity contribution is -0.164. The van der Waals surface area contributed by atoms with E-state index >= 15 is 0 Å². The summed E-state index contributed by atoms with van der Waals surface area (Å²) < 4.78 is 15.5. The zero-order valence-electron chi connectivity index (χ0n) is 22.1. The highest BCUT2D eigenvalue weighted by atomic mass is 35.5. The van der Waals surface area contributed by atoms with Gasteiger partial charge in [-0.3, -0.25) is 4.68 Å². The van der Waals surface area contributed by atoms with Gasteiger partial charge >= 0.3 is 5.97 Å². The molecule has 7 nitrogen and oxygen atoms in total. The molecule has 36 heavy (non-hydrogen) atoms. The van der Waals surface area contributed by atoms with Crippen LogP contribution in [0.15, 0.2) is 36.5 Å². The number of nitrogens with zero attached hydrogens (tertiary/aromatic N) is 4. The molecule has 0 amide bonds. The van der Waals surface area contributed by atoms with Crippen molar-refractivity contribution >= 4 is 28.6 Å². The molecule has 0 radical (unpaired) electrons. The van der Waals surface area contributed by atoms with Crippen molar-refractivity contribution in [3.05, 3.63) is 69.8 Å². The minimum atomic E-state index is -0.948. The molecule has 0 unspecified atom stereocenters. The molecule has 0 fully saturated rings. The minimum Gasteiger partial charge on any atom is -0.467 e. The predicted molar refractivity (Wildman–Crippen MR) is 142 cm³/mol. The molecule has 0 aliphatic carbocycles. The number of carbonyl (C=O) groups excluding carboxylic acids is 1. The summed E-state index contributed by atoms with van der Waals surface area (Å²) in [6.45, 7) is 12.4. The van der Waals surface area contributed by atoms with Crippen LogP contribution in [0, 0.1) is 20.8 Å². The molecule has 3 heterocycles. The third kappa shape index (κ3) is 4.90. The first-order valence-electron chi connectivity index (χ1n) is 11.9. The zero-order valence-corrected chi connectivity index (χ0v) is 22.9. The lowest BCUT2D eigenvalue weighted by atomic mass is 9.91. The number of methoxy groups -OCH3 is 1. The van der Waals surface area contributed by atoms with Crippen molar-refractivity contribution in [1.29, 1.82) is 0 Å². The molecule has 4 aromatic rings. The van der Waals surface area contributed by atoms with Gasteiger partial charge in [-0.1, -0.05) is 23.7 Å². The maximum Gasteiger partial charge on any atom is 0.339 e. The monoisotopic (exact) mass is 508 g/mol. The largest absolute Gasteiger partial charge is 0.467 e. The zero-order chi connectivity index (χ0) is 26.4. The summed E-state index contributed by atoms with van der Waals surface area (Å²) >= 11 is 6.24. The Morgan fingerprint density at radius 1 is 1.11 bits per heavy atom. The van der Waals surface area contributed by atoms with Gasteiger partial charge in [-0.15, -0.1) is 0 Å². The van der Waals surface area contributed by atoms with E-state index in [0.717, 1.165) is 39.1 Å². The summed E-state index contributed by atoms with van der Waals surface area (Å²) in [4.78, 5) is 18.2. The van der Waals surface area contributed by atoms with Crippen LogP contribution in [0.4, 0.5) is 0 Å². The molecule has 0 saturated heterocycles. The van der Waals surface area contributed by atoms with Crippen LogP contribution >= 0.6 is 11.6 Å². The van der Waals surface area contributed by atoms with Gasteiger partial charge < -0.3 is 14.0 Å². The van der Waals surface area contributed by atoms with Crippen molar-refractivity contribution in [2.24, 2.45) is 7.05 Å². The Kier molecular flexibility index (Phi) is 6.99. The van der Waals surface area contributed by atoms with Crippen LogP contribution in [-0.4, -0.2) is 38.0 Å². The minimum absolute atomic E-state index is 0.466. The number of aryl methyl sites for hydroxylation is 3. The first-order chi connectivity index (χ1) is 16.9. The third-order valence-corrected chi connectivity index (χ3v) is 6.61. The van der Waals surface area contributed by atoms with E-state index in [1.165, 1.54) is 7.11 Å². The van der Waals surface area contributed by atoms with Crippen LogP contribution in [0.2, 0.25) is 5.02 Å². The summed E-state index contributed by atoms with van der Waals surface area (Å²) in [5, 5.41) is 6.18. The SMILES string of the molecule is COC(=O)[C@@H](OC(C)(C)C)c1c(C)nc2c(c(C)c(C)n2Cc2ccn(C)n2)c1-c1ccc(Cl)cc1. The lowest BCUT2D eigenvalue weighted by Gasteiger charge is -2.28. The van der Waals surface area contributed by atoms with Gasteiger partial charge in [0, 0.05) is 46.2 Å². The van der Waals surface area contributed by atoms with Crippen LogP contribution in [0.5, 0.6) is 0 Å². The molecule has 1 aromatic carbocycles. The van der Waals surface area contributed by atoms with E-state index in [0.29, 0.717) is 22.8 Å². The Balaban J connectivity index is 2.08. The number of ether oxygens (including phenoxy) is 2. The molecule has 0 aliphatic heterocycles. The first-order valence-corrected chi connectivity index (χ1v) is 12.3. The van der Waals surface area contributed by atoms with Gasteiger partial charge in [0.15, 0.2) is 6.10 Å². The van der Waals surface area contributed by atoms with E-state index in [9.17, 15) is 4.79 Å². The molecule has 0 aliphatic rings. The molecular formula is C28H33ClN4O3. The summed E-state index contributed by atoms with van der Waals surface area (Å²) in [7, 11) is 3.29. The summed E-state index contributed by atoms with van der Waals surface area (Å²) in [6.07, 6.45) is 0.987. The van der Waals surface area contributed by atoms with Crippen LogP contribution in [-0.2, 0) is 27.9 Å². The molecule has 0 saturated carbocycles. The highest BCUT2D eigenvalue weighted by Gasteiger charge is 2.34. The van der Waals surface area contributed by atoms with Crippen LogP contribution < -0.4 is 0 Å². The van der Waals surface area contributed by atoms with E-state index < -0.39 is 17.7 Å². The maximum atomic E-state index is 13.1. The second kappa shape index (κ2) is 9.71. The van der Waals surface area contributed by atoms with Crippen LogP contribution in [0.25, 0.3) is 22.2 Å². The van der Waals surface area contributed by atoms with Crippen LogP contribution in [0.1, 0.15) is 55.1 Å². The second-order valence-electron chi connectivity index (χ2n) is 10.1. The van der Waals surface area contributed by atoms with E-state index in [-0.39, 0.29) is 0 Å². The molecule has 4 rings (SSSR count). The Morgan fingerprint density at radius 3 is 2.33 bits per heavy atom. The lowest BCUT2D eigenvalue weighted by Crippen LogP contribution is -2.29. The van der Waals surface area contributed by atoms with Gasteiger partial charge in [-0.05, 0) is 70.9 Å². The van der Waals surface area contributed by atoms with Gasteiger partial charge in [-0.2, -0.15) is 5.10 Å². The number of hydrogen-bond donors (Lipinski definition) is 0. The number of halogens is 1. The molecule has 8 heteroatoms. The molecule has 0 N–H and O–H groups in total. The Bertz CT molecular complexity index is 1430. The van der Waals surface area contributed by atoms with Gasteiger partial charge in [-0.25, -0.2) is 9.78 Å². The third-order valence-electron chi connectivity index (χ3n) is 6.36. The number of hydrogen-bond acceptors (Lipinski definition) is 5. The highest BCUT2D eigenvalue weighted by Crippen LogP contribution is 2.42. The number of pyridine rings is 1. The van der Waals surface area contributed by atoms with E-state index in [1.54, 1.807) is 4.68 Å². The first kappa shape index (κ1) is 25.9. The summed E-state index contributed by atoms with van der Waals surface area (Å²) in [6, 6.07) is 9.65. The average molecular weight is 509 g/mol. The number of fused-ring (bicyclic) bond motifs is 1. The Labute approximate surface area is 217 Å². The number of aromatic nitrogens is 4. The fraction of sp³-hybridized carbons (Fsp3) is 0.393. The van der Waals surface area contributed by atoms with Crippen molar-refractivity contribution in [3.63, 3.8) is 0 Å². The average Bonchev–Trinajstić information content (AvgIpc) is 3.32. The molecule has 0 bridgehead atoms. The topological polar surface area (TPSA) is 71.2 Å². The van der Waals surface area contributed by atoms with Gasteiger partial charge in [0.2, 0.25) is 0 Å². The van der Waals surface area contributed by atoms with Crippen molar-refractivity contribution < 1.29 is 14.3 Å². The maximum absolute atomic E-state index is 13.1. The van der Waals surface area contributed by atoms with E-state index in [1.807, 2.05) is 71.3 Å². The predicted octanol–water partition coefficient (Wildman–Crippen LogP) is 6.09. The van der Waals surface area contributed by atoms with Crippen molar-refractivity contribution in [3.8, 4) is 11.1 Å². The molecule has 190 valence electrons. The van der Waals surface area contributed by atoms with E-state index in [4.69, 9.17) is 26.1 Å². The number of esters is 1. The summed E-state index contributed by atoms with van der Waals surface area (Å²) in [5.41, 5.74) is 6.58. The number of benzene rings is 1. The van der Waals surface area contributed by atoms with Crippen molar-refractivity contribution in [1.82, 2.24) is 19.3 Å². The number of carbonyl (C=O) groups is 1. The van der Waals surface area contributed by atoms with Crippen molar-refractivity contribution in [2.45, 2.75) is 59.8 Å². The highest BCUT2D eigenvalue weighted by molar-refractivity contribution is 6.30. The normalized spacial score (nSPS) is 12.8. The molecule has 0 spiro atoms. The quantitative estimate of drug-likeness (QED) is 0.294. The van der Waals surface area contributed by atoms with Gasteiger partial charge in [0.1, 0.15) is 5.65 Å². The Morgan fingerprint density at radius 2 is 1.78 bits per heavy atom. The molecule has 3 aromatic heterocycles. The fourth-order valence-electron chi connectivity index (χ4n) is 4.62. The van der Waals surface area contributed by atoms with Gasteiger partial charge in [0.25, 0.3) is 0 Å². The van der Waals surface area contributed by atoms with Crippen molar-refractivity contribution in [2.75, 3.05) is 7.11 Å². The fourth-order valence-corrected chi connectivity index (χ4v) is 4.75. The molecule has 1 atom stereocenters. The second-order valence-corrected chi connectivity index (χ2v) is 10.5. The number of rotatable bonds is 6. The molecular weight excluding hydrogens is 476 g/mol.